The van der Waals surface area contributed by atoms with Gasteiger partial charge < -0.3 is 9.84 Å². The minimum Gasteiger partial charge on any atom is -0.352 e. The number of aromatic nitrogens is 2. The van der Waals surface area contributed by atoms with Crippen molar-refractivity contribution in [1.29, 1.82) is 0 Å². The summed E-state index contributed by atoms with van der Waals surface area (Å²) in [6.45, 7) is 0. The zero-order valence-electron chi connectivity index (χ0n) is 13.4. The Hall–Kier alpha value is -2.29. The van der Waals surface area contributed by atoms with E-state index >= 15 is 0 Å². The van der Waals surface area contributed by atoms with Gasteiger partial charge in [-0.1, -0.05) is 5.16 Å². The normalized spacial score (nSPS) is 19.0. The number of hydrogen-bond acceptors (Lipinski definition) is 6. The van der Waals surface area contributed by atoms with Crippen LogP contribution in [0.15, 0.2) is 28.8 Å². The molecule has 2 aromatic rings. The molecule has 1 amide bonds. The molecule has 0 radical (unpaired) electrons. The molecule has 1 aromatic carbocycles. The molecule has 3 rings (SSSR count). The number of hydrogen-bond donors (Lipinski definition) is 1. The van der Waals surface area contributed by atoms with Crippen molar-refractivity contribution < 1.29 is 22.1 Å². The standard InChI is InChI=1S/C16H18FN3O4S/c17-12-6-4-11(5-7-12)16-19-15(24-20-16)3-1-2-14(21)18-13-8-9-25(22,23)10-13/h4-7,13H,1-3,8-10H2,(H,18,21). The van der Waals surface area contributed by atoms with E-state index < -0.39 is 9.84 Å². The maximum atomic E-state index is 12.9. The summed E-state index contributed by atoms with van der Waals surface area (Å²) >= 11 is 0. The van der Waals surface area contributed by atoms with Crippen LogP contribution in [0, 0.1) is 5.82 Å². The molecule has 1 fully saturated rings. The van der Waals surface area contributed by atoms with Crippen molar-refractivity contribution in [1.82, 2.24) is 15.5 Å². The van der Waals surface area contributed by atoms with Gasteiger partial charge in [0, 0.05) is 24.4 Å². The summed E-state index contributed by atoms with van der Waals surface area (Å²) in [4.78, 5) is 16.1. The number of amides is 1. The predicted octanol–water partition coefficient (Wildman–Crippen LogP) is 1.50. The lowest BCUT2D eigenvalue weighted by molar-refractivity contribution is -0.121. The summed E-state index contributed by atoms with van der Waals surface area (Å²) in [5, 5.41) is 6.57. The molecule has 2 heterocycles. The van der Waals surface area contributed by atoms with Crippen molar-refractivity contribution in [3.05, 3.63) is 36.0 Å². The Labute approximate surface area is 144 Å². The first-order chi connectivity index (χ1) is 11.9. The highest BCUT2D eigenvalue weighted by molar-refractivity contribution is 7.91. The SMILES string of the molecule is O=C(CCCc1nc(-c2ccc(F)cc2)no1)NC1CCS(=O)(=O)C1. The summed E-state index contributed by atoms with van der Waals surface area (Å²) in [5.41, 5.74) is 0.650. The number of carbonyl (C=O) groups is 1. The summed E-state index contributed by atoms with van der Waals surface area (Å²) < 4.78 is 40.7. The lowest BCUT2D eigenvalue weighted by Gasteiger charge is -2.09. The van der Waals surface area contributed by atoms with Gasteiger partial charge in [-0.15, -0.1) is 0 Å². The smallest absolute Gasteiger partial charge is 0.226 e. The molecule has 1 aromatic heterocycles. The average molecular weight is 367 g/mol. The summed E-state index contributed by atoms with van der Waals surface area (Å²) in [6.07, 6.45) is 1.67. The van der Waals surface area contributed by atoms with Crippen molar-refractivity contribution in [3.63, 3.8) is 0 Å². The topological polar surface area (TPSA) is 102 Å². The van der Waals surface area contributed by atoms with Gasteiger partial charge >= 0.3 is 0 Å². The molecule has 134 valence electrons. The minimum atomic E-state index is -3.00. The first-order valence-corrected chi connectivity index (χ1v) is 9.82. The second-order valence-electron chi connectivity index (χ2n) is 6.04. The van der Waals surface area contributed by atoms with Crippen molar-refractivity contribution in [2.75, 3.05) is 11.5 Å². The van der Waals surface area contributed by atoms with Gasteiger partial charge in [0.2, 0.25) is 17.6 Å². The van der Waals surface area contributed by atoms with Crippen LogP contribution in [0.1, 0.15) is 25.2 Å². The average Bonchev–Trinajstić information content (AvgIpc) is 3.15. The van der Waals surface area contributed by atoms with Crippen LogP contribution in [-0.2, 0) is 21.1 Å². The van der Waals surface area contributed by atoms with Gasteiger partial charge in [0.05, 0.1) is 11.5 Å². The van der Waals surface area contributed by atoms with Crippen molar-refractivity contribution >= 4 is 15.7 Å². The molecule has 0 bridgehead atoms. The van der Waals surface area contributed by atoms with Crippen LogP contribution < -0.4 is 5.32 Å². The minimum absolute atomic E-state index is 0.0173. The van der Waals surface area contributed by atoms with Crippen molar-refractivity contribution in [3.8, 4) is 11.4 Å². The third-order valence-corrected chi connectivity index (χ3v) is 5.73. The number of nitrogens with zero attached hydrogens (tertiary/aromatic N) is 2. The number of sulfone groups is 1. The molecule has 0 saturated carbocycles. The van der Waals surface area contributed by atoms with Gasteiger partial charge in [-0.25, -0.2) is 12.8 Å². The van der Waals surface area contributed by atoms with Crippen LogP contribution in [0.5, 0.6) is 0 Å². The highest BCUT2D eigenvalue weighted by Gasteiger charge is 2.28. The number of rotatable bonds is 6. The van der Waals surface area contributed by atoms with Crippen LogP contribution in [0.2, 0.25) is 0 Å². The molecular weight excluding hydrogens is 349 g/mol. The Kier molecular flexibility index (Phi) is 5.12. The molecule has 1 aliphatic heterocycles. The third kappa shape index (κ3) is 4.85. The highest BCUT2D eigenvalue weighted by Crippen LogP contribution is 2.17. The Morgan fingerprint density at radius 3 is 2.76 bits per heavy atom. The molecule has 25 heavy (non-hydrogen) atoms. The van der Waals surface area contributed by atoms with Gasteiger partial charge in [-0.05, 0) is 37.1 Å². The Morgan fingerprint density at radius 1 is 1.32 bits per heavy atom. The lowest BCUT2D eigenvalue weighted by Crippen LogP contribution is -2.35. The molecule has 1 unspecified atom stereocenters. The van der Waals surface area contributed by atoms with E-state index in [2.05, 4.69) is 15.5 Å². The fraction of sp³-hybridized carbons (Fsp3) is 0.438. The molecule has 1 N–H and O–H groups in total. The monoisotopic (exact) mass is 367 g/mol. The molecule has 0 spiro atoms. The Bertz CT molecular complexity index is 849. The van der Waals surface area contributed by atoms with Crippen LogP contribution in [0.25, 0.3) is 11.4 Å². The zero-order chi connectivity index (χ0) is 17.9. The summed E-state index contributed by atoms with van der Waals surface area (Å²) in [6, 6.07) is 5.48. The molecule has 1 atom stereocenters. The van der Waals surface area contributed by atoms with E-state index in [9.17, 15) is 17.6 Å². The lowest BCUT2D eigenvalue weighted by atomic mass is 10.2. The number of benzene rings is 1. The summed E-state index contributed by atoms with van der Waals surface area (Å²) in [5.74, 6) is 0.398. The van der Waals surface area contributed by atoms with Crippen LogP contribution >= 0.6 is 0 Å². The summed E-state index contributed by atoms with van der Waals surface area (Å²) in [7, 11) is -3.00. The highest BCUT2D eigenvalue weighted by atomic mass is 32.2. The largest absolute Gasteiger partial charge is 0.352 e. The van der Waals surface area contributed by atoms with Gasteiger partial charge in [-0.2, -0.15) is 4.98 Å². The molecular formula is C16H18FN3O4S. The molecule has 1 aliphatic rings. The fourth-order valence-corrected chi connectivity index (χ4v) is 4.35. The third-order valence-electron chi connectivity index (χ3n) is 3.96. The van der Waals surface area contributed by atoms with Gasteiger partial charge in [0.1, 0.15) is 5.82 Å². The van der Waals surface area contributed by atoms with E-state index in [1.54, 1.807) is 12.1 Å². The first kappa shape index (κ1) is 17.5. The van der Waals surface area contributed by atoms with Gasteiger partial charge in [0.15, 0.2) is 9.84 Å². The number of carbonyl (C=O) groups excluding carboxylic acids is 1. The van der Waals surface area contributed by atoms with Crippen LogP contribution in [0.3, 0.4) is 0 Å². The Balaban J connectivity index is 1.45. The number of aryl methyl sites for hydroxylation is 1. The van der Waals surface area contributed by atoms with Gasteiger partial charge in [-0.3, -0.25) is 4.79 Å². The van der Waals surface area contributed by atoms with E-state index in [4.69, 9.17) is 4.52 Å². The maximum Gasteiger partial charge on any atom is 0.226 e. The van der Waals surface area contributed by atoms with E-state index in [1.807, 2.05) is 0 Å². The van der Waals surface area contributed by atoms with E-state index in [0.717, 1.165) is 0 Å². The maximum absolute atomic E-state index is 12.9. The quantitative estimate of drug-likeness (QED) is 0.830. The Morgan fingerprint density at radius 2 is 2.08 bits per heavy atom. The van der Waals surface area contributed by atoms with Gasteiger partial charge in [0.25, 0.3) is 0 Å². The van der Waals surface area contributed by atoms with Crippen molar-refractivity contribution in [2.24, 2.45) is 0 Å². The van der Waals surface area contributed by atoms with Crippen LogP contribution in [0.4, 0.5) is 4.39 Å². The molecule has 1 saturated heterocycles. The number of halogens is 1. The van der Waals surface area contributed by atoms with E-state index in [1.165, 1.54) is 12.1 Å². The first-order valence-electron chi connectivity index (χ1n) is 7.99. The second kappa shape index (κ2) is 7.30. The molecule has 9 heteroatoms. The zero-order valence-corrected chi connectivity index (χ0v) is 14.3. The second-order valence-corrected chi connectivity index (χ2v) is 8.27. The molecule has 7 nitrogen and oxygen atoms in total. The molecule has 0 aliphatic carbocycles. The van der Waals surface area contributed by atoms with Crippen molar-refractivity contribution in [2.45, 2.75) is 31.7 Å². The number of nitrogens with one attached hydrogen (secondary N) is 1. The predicted molar refractivity (Wildman–Crippen MR) is 87.8 cm³/mol. The van der Waals surface area contributed by atoms with E-state index in [0.29, 0.717) is 36.5 Å². The fourth-order valence-electron chi connectivity index (χ4n) is 2.68. The van der Waals surface area contributed by atoms with E-state index in [-0.39, 0.29) is 35.7 Å². The van der Waals surface area contributed by atoms with Crippen LogP contribution in [-0.4, -0.2) is 42.0 Å².